The highest BCUT2D eigenvalue weighted by Crippen LogP contribution is 2.38. The lowest BCUT2D eigenvalue weighted by Crippen LogP contribution is -2.62. The Hall–Kier alpha value is -2.04. The molecule has 3 rings (SSSR count). The first-order valence-electron chi connectivity index (χ1n) is 11.9. The maximum absolute atomic E-state index is 13.5. The number of hydrogen-bond donors (Lipinski definition) is 2. The lowest BCUT2D eigenvalue weighted by molar-refractivity contribution is -0.269. The molecule has 0 saturated carbocycles. The highest BCUT2D eigenvalue weighted by molar-refractivity contribution is 6.34. The van der Waals surface area contributed by atoms with Gasteiger partial charge in [-0.25, -0.2) is 0 Å². The van der Waals surface area contributed by atoms with Crippen LogP contribution in [0.1, 0.15) is 43.5 Å². The number of likely N-dealkylation sites (tertiary alicyclic amines) is 2. The van der Waals surface area contributed by atoms with Gasteiger partial charge in [0, 0.05) is 64.0 Å². The van der Waals surface area contributed by atoms with Gasteiger partial charge in [0.15, 0.2) is 0 Å². The third-order valence-electron chi connectivity index (χ3n) is 7.06. The first-order valence-corrected chi connectivity index (χ1v) is 12.2. The van der Waals surface area contributed by atoms with Crippen molar-refractivity contribution in [3.63, 3.8) is 0 Å². The fraction of sp³-hybridized carbons (Fsp3) is 0.667. The van der Waals surface area contributed by atoms with Crippen molar-refractivity contribution in [2.45, 2.75) is 57.0 Å². The van der Waals surface area contributed by atoms with Gasteiger partial charge in [-0.3, -0.25) is 14.5 Å². The Morgan fingerprint density at radius 1 is 1.14 bits per heavy atom. The number of rotatable bonds is 6. The molecule has 0 bridgehead atoms. The number of hydrogen-bond acceptors (Lipinski definition) is 5. The molecule has 7 nitrogen and oxygen atoms in total. The third-order valence-corrected chi connectivity index (χ3v) is 7.37. The van der Waals surface area contributed by atoms with Gasteiger partial charge in [-0.2, -0.15) is 13.2 Å². The average molecular weight is 519 g/mol. The standard InChI is InChI=1S/C24H34ClF3N4O3/c1-15(2)23(35,24(26,27)28)22(34)31-11-8-18(9-12-31)32-10-7-17(14-32)29-16-5-6-19(20(25)13-16)21(33)30(3)4/h5-6,13,15,17-18,29,35H,7-12,14H2,1-4H3/t17-,23?/m1/s1. The Morgan fingerprint density at radius 3 is 2.29 bits per heavy atom. The zero-order chi connectivity index (χ0) is 26.1. The van der Waals surface area contributed by atoms with E-state index in [1.807, 2.05) is 6.07 Å². The largest absolute Gasteiger partial charge is 0.426 e. The summed E-state index contributed by atoms with van der Waals surface area (Å²) >= 11 is 6.30. The van der Waals surface area contributed by atoms with E-state index in [9.17, 15) is 27.9 Å². The minimum absolute atomic E-state index is 0.160. The van der Waals surface area contributed by atoms with Crippen LogP contribution >= 0.6 is 11.6 Å². The second-order valence-electron chi connectivity index (χ2n) is 9.96. The topological polar surface area (TPSA) is 76.1 Å². The SMILES string of the molecule is CC(C)C(O)(C(=O)N1CCC(N2CC[C@@H](Nc3ccc(C(=O)N(C)C)c(Cl)c3)C2)CC1)C(F)(F)F. The van der Waals surface area contributed by atoms with Crippen LogP contribution in [0.3, 0.4) is 0 Å². The van der Waals surface area contributed by atoms with E-state index in [-0.39, 0.29) is 31.1 Å². The molecule has 2 aliphatic rings. The van der Waals surface area contributed by atoms with Crippen molar-refractivity contribution in [1.29, 1.82) is 0 Å². The minimum Gasteiger partial charge on any atom is -0.381 e. The lowest BCUT2D eigenvalue weighted by atomic mass is 9.87. The third kappa shape index (κ3) is 5.70. The molecular formula is C24H34ClF3N4O3. The van der Waals surface area contributed by atoms with E-state index in [0.29, 0.717) is 23.4 Å². The molecule has 1 aromatic carbocycles. The molecule has 0 radical (unpaired) electrons. The smallest absolute Gasteiger partial charge is 0.381 e. The average Bonchev–Trinajstić information content (AvgIpc) is 3.25. The summed E-state index contributed by atoms with van der Waals surface area (Å²) in [4.78, 5) is 29.7. The van der Waals surface area contributed by atoms with Crippen LogP contribution in [0.25, 0.3) is 0 Å². The van der Waals surface area contributed by atoms with E-state index < -0.39 is 23.6 Å². The summed E-state index contributed by atoms with van der Waals surface area (Å²) in [7, 11) is 3.33. The number of nitrogens with one attached hydrogen (secondary N) is 1. The molecule has 0 aliphatic carbocycles. The second kappa shape index (κ2) is 10.5. The number of carbonyl (C=O) groups excluding carboxylic acids is 2. The first kappa shape index (κ1) is 27.5. The van der Waals surface area contributed by atoms with Gasteiger partial charge in [-0.1, -0.05) is 25.4 Å². The molecule has 2 heterocycles. The number of halogens is 4. The molecular weight excluding hydrogens is 485 g/mol. The number of benzene rings is 1. The molecule has 11 heteroatoms. The van der Waals surface area contributed by atoms with Gasteiger partial charge in [-0.15, -0.1) is 0 Å². The predicted octanol–water partition coefficient (Wildman–Crippen LogP) is 3.47. The zero-order valence-corrected chi connectivity index (χ0v) is 21.3. The maximum atomic E-state index is 13.5. The number of piperidine rings is 1. The fourth-order valence-electron chi connectivity index (χ4n) is 4.86. The maximum Gasteiger partial charge on any atom is 0.426 e. The summed E-state index contributed by atoms with van der Waals surface area (Å²) in [5.41, 5.74) is -2.11. The van der Waals surface area contributed by atoms with Gasteiger partial charge in [-0.05, 0) is 37.5 Å². The van der Waals surface area contributed by atoms with Gasteiger partial charge in [0.1, 0.15) is 0 Å². The van der Waals surface area contributed by atoms with Crippen LogP contribution < -0.4 is 5.32 Å². The molecule has 0 spiro atoms. The molecule has 1 unspecified atom stereocenters. The Balaban J connectivity index is 1.54. The quantitative estimate of drug-likeness (QED) is 0.603. The molecule has 2 amide bonds. The van der Waals surface area contributed by atoms with Gasteiger partial charge in [0.05, 0.1) is 10.6 Å². The molecule has 1 aromatic rings. The van der Waals surface area contributed by atoms with E-state index in [0.717, 1.165) is 30.1 Å². The van der Waals surface area contributed by atoms with Crippen LogP contribution in [-0.4, -0.2) is 95.8 Å². The highest BCUT2D eigenvalue weighted by atomic mass is 35.5. The summed E-state index contributed by atoms with van der Waals surface area (Å²) < 4.78 is 40.5. The number of nitrogens with zero attached hydrogens (tertiary/aromatic N) is 3. The van der Waals surface area contributed by atoms with Gasteiger partial charge >= 0.3 is 6.18 Å². The van der Waals surface area contributed by atoms with Gasteiger partial charge in [0.25, 0.3) is 11.8 Å². The number of amides is 2. The molecule has 2 fully saturated rings. The van der Waals surface area contributed by atoms with E-state index in [1.165, 1.54) is 18.7 Å². The number of alkyl halides is 3. The van der Waals surface area contributed by atoms with E-state index in [4.69, 9.17) is 11.6 Å². The van der Waals surface area contributed by atoms with Crippen LogP contribution in [-0.2, 0) is 4.79 Å². The molecule has 2 saturated heterocycles. The molecule has 0 aromatic heterocycles. The van der Waals surface area contributed by atoms with Crippen molar-refractivity contribution in [3.8, 4) is 0 Å². The van der Waals surface area contributed by atoms with E-state index in [2.05, 4.69) is 10.2 Å². The fourth-order valence-corrected chi connectivity index (χ4v) is 5.12. The molecule has 2 N–H and O–H groups in total. The Bertz CT molecular complexity index is 935. The molecule has 2 atom stereocenters. The van der Waals surface area contributed by atoms with E-state index >= 15 is 0 Å². The van der Waals surface area contributed by atoms with Crippen LogP contribution in [0.4, 0.5) is 18.9 Å². The summed E-state index contributed by atoms with van der Waals surface area (Å²) in [5.74, 6) is -2.70. The Kier molecular flexibility index (Phi) is 8.28. The molecule has 2 aliphatic heterocycles. The van der Waals surface area contributed by atoms with Crippen LogP contribution in [0.2, 0.25) is 5.02 Å². The van der Waals surface area contributed by atoms with Crippen molar-refractivity contribution < 1.29 is 27.9 Å². The summed E-state index contributed by atoms with van der Waals surface area (Å²) in [6.45, 7) is 4.36. The first-order chi connectivity index (χ1) is 16.3. The number of carbonyl (C=O) groups is 2. The van der Waals surface area contributed by atoms with Crippen molar-refractivity contribution in [3.05, 3.63) is 28.8 Å². The van der Waals surface area contributed by atoms with Gasteiger partial charge < -0.3 is 20.2 Å². The molecule has 35 heavy (non-hydrogen) atoms. The normalized spacial score (nSPS) is 21.8. The lowest BCUT2D eigenvalue weighted by Gasteiger charge is -2.41. The van der Waals surface area contributed by atoms with Crippen LogP contribution in [0.5, 0.6) is 0 Å². The van der Waals surface area contributed by atoms with E-state index in [1.54, 1.807) is 26.2 Å². The van der Waals surface area contributed by atoms with Crippen molar-refractivity contribution in [2.24, 2.45) is 5.92 Å². The second-order valence-corrected chi connectivity index (χ2v) is 10.4. The monoisotopic (exact) mass is 518 g/mol. The van der Waals surface area contributed by atoms with Crippen molar-refractivity contribution in [1.82, 2.24) is 14.7 Å². The highest BCUT2D eigenvalue weighted by Gasteiger charge is 2.62. The molecule has 196 valence electrons. The summed E-state index contributed by atoms with van der Waals surface area (Å²) in [5, 5.41) is 14.1. The predicted molar refractivity (Wildman–Crippen MR) is 129 cm³/mol. The Labute approximate surface area is 209 Å². The summed E-state index contributed by atoms with van der Waals surface area (Å²) in [6, 6.07) is 5.59. The zero-order valence-electron chi connectivity index (χ0n) is 20.5. The Morgan fingerprint density at radius 2 is 1.77 bits per heavy atom. The number of aliphatic hydroxyl groups is 1. The minimum atomic E-state index is -5.02. The van der Waals surface area contributed by atoms with Crippen LogP contribution in [0.15, 0.2) is 18.2 Å². The summed E-state index contributed by atoms with van der Waals surface area (Å²) in [6.07, 6.45) is -3.03. The van der Waals surface area contributed by atoms with Gasteiger partial charge in [0.2, 0.25) is 5.60 Å². The van der Waals surface area contributed by atoms with Crippen LogP contribution in [0, 0.1) is 5.92 Å². The number of anilines is 1. The van der Waals surface area contributed by atoms with Crippen molar-refractivity contribution >= 4 is 29.1 Å². The van der Waals surface area contributed by atoms with Crippen molar-refractivity contribution in [2.75, 3.05) is 45.6 Å².